The van der Waals surface area contributed by atoms with Crippen molar-refractivity contribution in [1.29, 1.82) is 0 Å². The minimum atomic E-state index is 0.825. The van der Waals surface area contributed by atoms with Gasteiger partial charge in [0.1, 0.15) is 0 Å². The first kappa shape index (κ1) is 13.0. The van der Waals surface area contributed by atoms with Gasteiger partial charge in [-0.1, -0.05) is 11.8 Å². The molecule has 0 saturated heterocycles. The van der Waals surface area contributed by atoms with E-state index in [2.05, 4.69) is 57.3 Å². The first-order chi connectivity index (χ1) is 9.95. The lowest BCUT2D eigenvalue weighted by molar-refractivity contribution is 1.31. The Kier molecular flexibility index (Phi) is 5.06. The van der Waals surface area contributed by atoms with Gasteiger partial charge in [0.05, 0.1) is 0 Å². The van der Waals surface area contributed by atoms with Crippen LogP contribution < -0.4 is 0 Å². The molecule has 2 heterocycles. The zero-order chi connectivity index (χ0) is 13.9. The van der Waals surface area contributed by atoms with Gasteiger partial charge in [-0.2, -0.15) is 0 Å². The highest BCUT2D eigenvalue weighted by Crippen LogP contribution is 1.91. The molecule has 90 valence electrons. The van der Waals surface area contributed by atoms with Crippen LogP contribution in [0.2, 0.25) is 0 Å². The molecule has 20 heavy (non-hydrogen) atoms. The van der Waals surface area contributed by atoms with E-state index in [1.54, 1.807) is 24.8 Å². The molecule has 0 fully saturated rings. The van der Waals surface area contributed by atoms with E-state index in [-0.39, 0.29) is 0 Å². The summed E-state index contributed by atoms with van der Waals surface area (Å²) in [5.41, 5.74) is 1.65. The Labute approximate surface area is 118 Å². The molecule has 0 atom stereocenters. The van der Waals surface area contributed by atoms with Crippen molar-refractivity contribution in [3.8, 4) is 47.4 Å². The second-order valence-corrected chi connectivity index (χ2v) is 3.48. The van der Waals surface area contributed by atoms with Gasteiger partial charge < -0.3 is 0 Å². The third kappa shape index (κ3) is 4.81. The van der Waals surface area contributed by atoms with Crippen molar-refractivity contribution >= 4 is 0 Å². The molecular formula is C18H8N2. The highest BCUT2D eigenvalue weighted by atomic mass is 14.6. The largest absolute Gasteiger partial charge is 0.263 e. The third-order valence-corrected chi connectivity index (χ3v) is 2.05. The van der Waals surface area contributed by atoms with Crippen molar-refractivity contribution in [2.45, 2.75) is 0 Å². The number of pyridine rings is 2. The second kappa shape index (κ2) is 7.79. The average Bonchev–Trinajstić information content (AvgIpc) is 2.52. The number of aromatic nitrogens is 2. The molecule has 2 heteroatoms. The van der Waals surface area contributed by atoms with E-state index in [0.29, 0.717) is 0 Å². The maximum absolute atomic E-state index is 3.95. The molecule has 0 aromatic carbocycles. The van der Waals surface area contributed by atoms with Gasteiger partial charge in [-0.15, -0.1) is 0 Å². The Morgan fingerprint density at radius 1 is 0.600 bits per heavy atom. The molecule has 0 amide bonds. The van der Waals surface area contributed by atoms with Crippen LogP contribution in [0.3, 0.4) is 0 Å². The fourth-order valence-electron chi connectivity index (χ4n) is 1.21. The molecule has 2 aromatic heterocycles. The smallest absolute Gasteiger partial charge is 0.0439 e. The van der Waals surface area contributed by atoms with Crippen LogP contribution in [0.1, 0.15) is 11.1 Å². The van der Waals surface area contributed by atoms with Crippen molar-refractivity contribution < 1.29 is 0 Å². The molecule has 2 rings (SSSR count). The zero-order valence-electron chi connectivity index (χ0n) is 10.5. The molecule has 0 radical (unpaired) electrons. The van der Waals surface area contributed by atoms with Crippen molar-refractivity contribution in [2.75, 3.05) is 0 Å². The van der Waals surface area contributed by atoms with E-state index >= 15 is 0 Å². The summed E-state index contributed by atoms with van der Waals surface area (Å²) < 4.78 is 0. The van der Waals surface area contributed by atoms with Crippen molar-refractivity contribution in [1.82, 2.24) is 9.97 Å². The fraction of sp³-hybridized carbons (Fsp3) is 0. The van der Waals surface area contributed by atoms with Crippen LogP contribution in [0, 0.1) is 47.4 Å². The highest BCUT2D eigenvalue weighted by Gasteiger charge is 1.80. The van der Waals surface area contributed by atoms with Crippen LogP contribution in [-0.2, 0) is 0 Å². The van der Waals surface area contributed by atoms with Gasteiger partial charge in [0, 0.05) is 35.9 Å². The van der Waals surface area contributed by atoms with Gasteiger partial charge in [0.25, 0.3) is 0 Å². The molecular weight excluding hydrogens is 244 g/mol. The van der Waals surface area contributed by atoms with Crippen LogP contribution in [0.4, 0.5) is 0 Å². The lowest BCUT2D eigenvalue weighted by Crippen LogP contribution is -1.73. The molecule has 2 nitrogen and oxygen atoms in total. The Morgan fingerprint density at radius 3 is 1.45 bits per heavy atom. The zero-order valence-corrected chi connectivity index (χ0v) is 10.5. The van der Waals surface area contributed by atoms with E-state index in [9.17, 15) is 0 Å². The first-order valence-electron chi connectivity index (χ1n) is 5.77. The molecule has 0 unspecified atom stereocenters. The Bertz CT molecular complexity index is 733. The maximum atomic E-state index is 3.95. The van der Waals surface area contributed by atoms with Crippen molar-refractivity contribution in [3.05, 3.63) is 60.2 Å². The quantitative estimate of drug-likeness (QED) is 0.669. The Hall–Kier alpha value is -3.46. The number of nitrogens with zero attached hydrogens (tertiary/aromatic N) is 2. The normalized spacial score (nSPS) is 7.40. The Balaban J connectivity index is 1.92. The highest BCUT2D eigenvalue weighted by molar-refractivity contribution is 5.45. The van der Waals surface area contributed by atoms with E-state index in [4.69, 9.17) is 0 Å². The minimum Gasteiger partial charge on any atom is -0.263 e. The summed E-state index contributed by atoms with van der Waals surface area (Å²) in [5, 5.41) is 0. The molecule has 0 bridgehead atoms. The van der Waals surface area contributed by atoms with Gasteiger partial charge in [-0.25, -0.2) is 0 Å². The lowest BCUT2D eigenvalue weighted by atomic mass is 10.3. The summed E-state index contributed by atoms with van der Waals surface area (Å²) in [6, 6.07) is 7.38. The monoisotopic (exact) mass is 252 g/mol. The third-order valence-electron chi connectivity index (χ3n) is 2.05. The maximum Gasteiger partial charge on any atom is 0.0439 e. The fourth-order valence-corrected chi connectivity index (χ4v) is 1.21. The summed E-state index contributed by atoms with van der Waals surface area (Å²) in [7, 11) is 0. The van der Waals surface area contributed by atoms with Crippen LogP contribution in [0.5, 0.6) is 0 Å². The number of rotatable bonds is 0. The summed E-state index contributed by atoms with van der Waals surface area (Å²) in [6.07, 6.45) is 6.76. The van der Waals surface area contributed by atoms with Gasteiger partial charge in [0.15, 0.2) is 0 Å². The molecule has 0 N–H and O–H groups in total. The van der Waals surface area contributed by atoms with Gasteiger partial charge in [0.2, 0.25) is 0 Å². The van der Waals surface area contributed by atoms with Crippen LogP contribution in [-0.4, -0.2) is 9.97 Å². The standard InChI is InChI=1S/C18H8N2/c1(3-5-9-17-11-7-13-19-15-17)2-4-6-10-18-12-8-14-20-16-18/h7-8,11-16H. The molecule has 0 aliphatic heterocycles. The summed E-state index contributed by atoms with van der Waals surface area (Å²) >= 11 is 0. The number of hydrogen-bond donors (Lipinski definition) is 0. The molecule has 0 saturated carbocycles. The van der Waals surface area contributed by atoms with E-state index < -0.39 is 0 Å². The average molecular weight is 252 g/mol. The summed E-state index contributed by atoms with van der Waals surface area (Å²) in [6.45, 7) is 0. The molecule has 0 aliphatic rings. The molecule has 0 aliphatic carbocycles. The minimum absolute atomic E-state index is 0.825. The Morgan fingerprint density at radius 2 is 1.05 bits per heavy atom. The van der Waals surface area contributed by atoms with Crippen molar-refractivity contribution in [2.24, 2.45) is 0 Å². The van der Waals surface area contributed by atoms with E-state index in [1.165, 1.54) is 0 Å². The van der Waals surface area contributed by atoms with Gasteiger partial charge >= 0.3 is 0 Å². The summed E-state index contributed by atoms with van der Waals surface area (Å²) in [5.74, 6) is 21.6. The van der Waals surface area contributed by atoms with Gasteiger partial charge in [-0.05, 0) is 59.8 Å². The van der Waals surface area contributed by atoms with Crippen LogP contribution >= 0.6 is 0 Å². The van der Waals surface area contributed by atoms with E-state index in [1.807, 2.05) is 24.3 Å². The van der Waals surface area contributed by atoms with Crippen molar-refractivity contribution in [3.63, 3.8) is 0 Å². The molecule has 0 spiro atoms. The molecule has 2 aromatic rings. The first-order valence-corrected chi connectivity index (χ1v) is 5.77. The predicted octanol–water partition coefficient (Wildman–Crippen LogP) is 1.89. The van der Waals surface area contributed by atoms with Gasteiger partial charge in [-0.3, -0.25) is 9.97 Å². The predicted molar refractivity (Wildman–Crippen MR) is 77.8 cm³/mol. The number of hydrogen-bond acceptors (Lipinski definition) is 2. The second-order valence-electron chi connectivity index (χ2n) is 3.48. The van der Waals surface area contributed by atoms with Crippen LogP contribution in [0.15, 0.2) is 49.1 Å². The SMILES string of the molecule is C(C#CC#Cc1cccnc1)#CC#Cc1cccnc1. The lowest BCUT2D eigenvalue weighted by Gasteiger charge is -1.82. The van der Waals surface area contributed by atoms with E-state index in [0.717, 1.165) is 11.1 Å². The summed E-state index contributed by atoms with van der Waals surface area (Å²) in [4.78, 5) is 7.90. The van der Waals surface area contributed by atoms with Crippen LogP contribution in [0.25, 0.3) is 0 Å². The topological polar surface area (TPSA) is 25.8 Å².